The van der Waals surface area contributed by atoms with Gasteiger partial charge in [0, 0.05) is 31.2 Å². The van der Waals surface area contributed by atoms with Gasteiger partial charge < -0.3 is 10.5 Å². The van der Waals surface area contributed by atoms with Crippen LogP contribution >= 0.6 is 0 Å². The molecule has 2 aromatic heterocycles. The van der Waals surface area contributed by atoms with Gasteiger partial charge in [0.15, 0.2) is 0 Å². The highest BCUT2D eigenvalue weighted by atomic mass is 16.5. The van der Waals surface area contributed by atoms with Crippen LogP contribution in [0.3, 0.4) is 0 Å². The third kappa shape index (κ3) is 2.64. The summed E-state index contributed by atoms with van der Waals surface area (Å²) < 4.78 is 6.25. The Balaban J connectivity index is 1.33. The number of H-pyrrole nitrogens is 1. The highest BCUT2D eigenvalue weighted by Crippen LogP contribution is 2.40. The van der Waals surface area contributed by atoms with E-state index < -0.39 is 0 Å². The summed E-state index contributed by atoms with van der Waals surface area (Å²) >= 11 is 0. The summed E-state index contributed by atoms with van der Waals surface area (Å²) in [4.78, 5) is 11.2. The van der Waals surface area contributed by atoms with Crippen LogP contribution in [0, 0.1) is 0 Å². The maximum atomic E-state index is 6.25. The van der Waals surface area contributed by atoms with Gasteiger partial charge in [0.2, 0.25) is 5.95 Å². The van der Waals surface area contributed by atoms with Crippen LogP contribution in [0.2, 0.25) is 0 Å². The number of nitrogens with zero attached hydrogens (tertiary/aromatic N) is 4. The lowest BCUT2D eigenvalue weighted by Gasteiger charge is -2.44. The van der Waals surface area contributed by atoms with E-state index >= 15 is 0 Å². The Hall–Kier alpha value is -2.51. The molecule has 5 rings (SSSR count). The number of likely N-dealkylation sites (tertiary alicyclic amines) is 1. The van der Waals surface area contributed by atoms with Gasteiger partial charge in [0.25, 0.3) is 0 Å². The summed E-state index contributed by atoms with van der Waals surface area (Å²) in [6, 6.07) is 6.50. The van der Waals surface area contributed by atoms with Crippen LogP contribution in [0.25, 0.3) is 10.9 Å². The maximum Gasteiger partial charge on any atom is 0.220 e. The van der Waals surface area contributed by atoms with Crippen LogP contribution in [0.15, 0.2) is 30.6 Å². The molecule has 0 saturated carbocycles. The number of anilines is 1. The van der Waals surface area contributed by atoms with Crippen LogP contribution in [-0.2, 0) is 23.3 Å². The topological polar surface area (TPSA) is 93.0 Å². The van der Waals surface area contributed by atoms with Gasteiger partial charge in [-0.3, -0.25) is 10.00 Å². The van der Waals surface area contributed by atoms with Gasteiger partial charge in [-0.1, -0.05) is 12.1 Å². The maximum absolute atomic E-state index is 6.25. The van der Waals surface area contributed by atoms with Crippen molar-refractivity contribution in [3.8, 4) is 0 Å². The lowest BCUT2D eigenvalue weighted by atomic mass is 9.83. The molecule has 0 amide bonds. The standard InChI is InChI=1S/C19H22N6O/c20-18-21-10-15-3-8-26-19(17(15)23-18)4-6-25(7-5-19)12-13-1-2-14-11-22-24-16(14)9-13/h1-2,9-11H,3-8,12H2,(H,22,24)(H2,20,21,23). The van der Waals surface area contributed by atoms with Crippen molar-refractivity contribution >= 4 is 16.9 Å². The molecule has 7 nitrogen and oxygen atoms in total. The molecular formula is C19H22N6O. The minimum Gasteiger partial charge on any atom is -0.368 e. The van der Waals surface area contributed by atoms with Crippen molar-refractivity contribution in [3.63, 3.8) is 0 Å². The van der Waals surface area contributed by atoms with Gasteiger partial charge >= 0.3 is 0 Å². The average Bonchev–Trinajstić information content (AvgIpc) is 3.12. The van der Waals surface area contributed by atoms with Crippen LogP contribution in [0.1, 0.15) is 29.7 Å². The van der Waals surface area contributed by atoms with Crippen LogP contribution < -0.4 is 5.73 Å². The number of hydrogen-bond acceptors (Lipinski definition) is 6. The monoisotopic (exact) mass is 350 g/mol. The number of fused-ring (bicyclic) bond motifs is 3. The molecule has 1 spiro atoms. The Labute approximate surface area is 151 Å². The van der Waals surface area contributed by atoms with E-state index in [9.17, 15) is 0 Å². The van der Waals surface area contributed by atoms with Gasteiger partial charge in [-0.25, -0.2) is 9.97 Å². The van der Waals surface area contributed by atoms with E-state index in [-0.39, 0.29) is 5.60 Å². The highest BCUT2D eigenvalue weighted by molar-refractivity contribution is 5.78. The second kappa shape index (κ2) is 6.03. The SMILES string of the molecule is Nc1ncc2c(n1)C1(CCN(Cc3ccc4cn[nH]c4c3)CC1)OCC2. The molecule has 3 N–H and O–H groups in total. The second-order valence-electron chi connectivity index (χ2n) is 7.26. The van der Waals surface area contributed by atoms with E-state index in [1.165, 1.54) is 11.1 Å². The molecule has 0 unspecified atom stereocenters. The number of nitrogen functional groups attached to an aromatic ring is 1. The lowest BCUT2D eigenvalue weighted by molar-refractivity contribution is -0.102. The number of ether oxygens (including phenoxy) is 1. The van der Waals surface area contributed by atoms with Crippen molar-refractivity contribution in [2.75, 3.05) is 25.4 Å². The van der Waals surface area contributed by atoms with Gasteiger partial charge in [-0.2, -0.15) is 5.10 Å². The van der Waals surface area contributed by atoms with Crippen molar-refractivity contribution in [1.82, 2.24) is 25.1 Å². The quantitative estimate of drug-likeness (QED) is 0.734. The zero-order valence-corrected chi connectivity index (χ0v) is 14.6. The molecule has 1 saturated heterocycles. The fourth-order valence-corrected chi connectivity index (χ4v) is 4.22. The minimum atomic E-state index is -0.297. The molecule has 4 heterocycles. The second-order valence-corrected chi connectivity index (χ2v) is 7.26. The van der Waals surface area contributed by atoms with E-state index in [4.69, 9.17) is 10.5 Å². The molecule has 0 atom stereocenters. The summed E-state index contributed by atoms with van der Waals surface area (Å²) in [6.07, 6.45) is 6.46. The van der Waals surface area contributed by atoms with Crippen LogP contribution in [0.4, 0.5) is 5.95 Å². The molecule has 0 aliphatic carbocycles. The number of rotatable bonds is 2. The first-order valence-corrected chi connectivity index (χ1v) is 9.12. The Bertz CT molecular complexity index is 944. The van der Waals surface area contributed by atoms with Crippen LogP contribution in [-0.4, -0.2) is 44.8 Å². The van der Waals surface area contributed by atoms with Crippen molar-refractivity contribution in [2.45, 2.75) is 31.4 Å². The number of aromatic amines is 1. The number of aromatic nitrogens is 4. The first-order chi connectivity index (χ1) is 12.7. The number of hydrogen-bond donors (Lipinski definition) is 2. The van der Waals surface area contributed by atoms with Crippen molar-refractivity contribution in [3.05, 3.63) is 47.4 Å². The molecule has 26 heavy (non-hydrogen) atoms. The number of nitrogens with one attached hydrogen (secondary N) is 1. The van der Waals surface area contributed by atoms with E-state index in [1.807, 2.05) is 12.4 Å². The van der Waals surface area contributed by atoms with E-state index in [0.29, 0.717) is 5.95 Å². The van der Waals surface area contributed by atoms with E-state index in [1.54, 1.807) is 0 Å². The van der Waals surface area contributed by atoms with E-state index in [2.05, 4.69) is 43.3 Å². The Morgan fingerprint density at radius 2 is 2.12 bits per heavy atom. The first kappa shape index (κ1) is 15.7. The summed E-state index contributed by atoms with van der Waals surface area (Å²) in [5, 5.41) is 8.29. The predicted octanol–water partition coefficient (Wildman–Crippen LogP) is 2.00. The number of piperidine rings is 1. The lowest BCUT2D eigenvalue weighted by Crippen LogP contribution is -2.47. The van der Waals surface area contributed by atoms with Gasteiger partial charge in [0.1, 0.15) is 5.60 Å². The molecule has 1 fully saturated rings. The summed E-state index contributed by atoms with van der Waals surface area (Å²) in [5.74, 6) is 0.337. The molecule has 134 valence electrons. The fourth-order valence-electron chi connectivity index (χ4n) is 4.22. The molecular weight excluding hydrogens is 328 g/mol. The van der Waals surface area contributed by atoms with E-state index in [0.717, 1.165) is 62.1 Å². The first-order valence-electron chi connectivity index (χ1n) is 9.12. The summed E-state index contributed by atoms with van der Waals surface area (Å²) in [7, 11) is 0. The normalized spacial score (nSPS) is 19.7. The summed E-state index contributed by atoms with van der Waals surface area (Å²) in [5.41, 5.74) is 10.1. The fraction of sp³-hybridized carbons (Fsp3) is 0.421. The van der Waals surface area contributed by atoms with Gasteiger partial charge in [0.05, 0.1) is 24.0 Å². The predicted molar refractivity (Wildman–Crippen MR) is 98.4 cm³/mol. The smallest absolute Gasteiger partial charge is 0.220 e. The number of benzene rings is 1. The molecule has 3 aromatic rings. The molecule has 2 aliphatic heterocycles. The summed E-state index contributed by atoms with van der Waals surface area (Å²) in [6.45, 7) is 3.62. The number of nitrogens with two attached hydrogens (primary N) is 1. The minimum absolute atomic E-state index is 0.297. The Morgan fingerprint density at radius 1 is 1.23 bits per heavy atom. The molecule has 2 aliphatic rings. The highest BCUT2D eigenvalue weighted by Gasteiger charge is 2.42. The molecule has 7 heteroatoms. The Morgan fingerprint density at radius 3 is 3.00 bits per heavy atom. The molecule has 1 aromatic carbocycles. The van der Waals surface area contributed by atoms with Gasteiger partial charge in [-0.05, 0) is 36.5 Å². The third-order valence-electron chi connectivity index (χ3n) is 5.64. The Kier molecular flexibility index (Phi) is 3.65. The average molecular weight is 350 g/mol. The van der Waals surface area contributed by atoms with Crippen LogP contribution in [0.5, 0.6) is 0 Å². The molecule has 0 bridgehead atoms. The van der Waals surface area contributed by atoms with Gasteiger partial charge in [-0.15, -0.1) is 0 Å². The largest absolute Gasteiger partial charge is 0.368 e. The zero-order valence-electron chi connectivity index (χ0n) is 14.6. The molecule has 0 radical (unpaired) electrons. The van der Waals surface area contributed by atoms with Crippen molar-refractivity contribution in [1.29, 1.82) is 0 Å². The van der Waals surface area contributed by atoms with Crippen molar-refractivity contribution < 1.29 is 4.74 Å². The third-order valence-corrected chi connectivity index (χ3v) is 5.64. The zero-order chi connectivity index (χ0) is 17.6. The van der Waals surface area contributed by atoms with Crippen molar-refractivity contribution in [2.24, 2.45) is 0 Å².